The highest BCUT2D eigenvalue weighted by molar-refractivity contribution is 6.30. The summed E-state index contributed by atoms with van der Waals surface area (Å²) in [6.45, 7) is 1.61. The first-order valence-electron chi connectivity index (χ1n) is 7.14. The Balaban J connectivity index is 1.65. The largest absolute Gasteiger partial charge is 0.415 e. The molecule has 22 heavy (non-hydrogen) atoms. The molecular weight excluding hydrogens is 298 g/mol. The van der Waals surface area contributed by atoms with Crippen LogP contribution in [0.4, 0.5) is 0 Å². The van der Waals surface area contributed by atoms with Crippen molar-refractivity contribution in [2.45, 2.75) is 13.1 Å². The molecule has 3 rings (SSSR count). The van der Waals surface area contributed by atoms with Gasteiger partial charge in [0.25, 0.3) is 5.89 Å². The second-order valence-electron chi connectivity index (χ2n) is 5.30. The van der Waals surface area contributed by atoms with Gasteiger partial charge in [0.2, 0.25) is 5.89 Å². The van der Waals surface area contributed by atoms with Crippen LogP contribution in [0.3, 0.4) is 0 Å². The molecule has 0 aliphatic heterocycles. The molecule has 1 aromatic heterocycles. The van der Waals surface area contributed by atoms with Crippen LogP contribution < -0.4 is 4.90 Å². The number of nitrogens with zero attached hydrogens (tertiary/aromatic N) is 2. The van der Waals surface area contributed by atoms with Crippen molar-refractivity contribution < 1.29 is 9.32 Å². The Morgan fingerprint density at radius 1 is 0.955 bits per heavy atom. The van der Waals surface area contributed by atoms with Gasteiger partial charge in [-0.1, -0.05) is 41.9 Å². The molecule has 2 aromatic carbocycles. The zero-order valence-electron chi connectivity index (χ0n) is 12.3. The second-order valence-corrected chi connectivity index (χ2v) is 5.74. The van der Waals surface area contributed by atoms with Crippen molar-refractivity contribution in [1.29, 1.82) is 0 Å². The molecule has 1 N–H and O–H groups in total. The third-order valence-corrected chi connectivity index (χ3v) is 3.61. The highest BCUT2D eigenvalue weighted by Gasteiger charge is 2.13. The number of benzene rings is 2. The first-order valence-corrected chi connectivity index (χ1v) is 7.52. The molecule has 0 bridgehead atoms. The van der Waals surface area contributed by atoms with Crippen LogP contribution in [-0.2, 0) is 13.1 Å². The normalized spacial score (nSPS) is 12.3. The van der Waals surface area contributed by atoms with Gasteiger partial charge in [-0.15, -0.1) is 10.2 Å². The standard InChI is InChI=1S/C17H16ClN3O/c1-21(11-13-5-3-2-4-6-13)12-16-19-20-17(22-16)14-7-9-15(18)10-8-14/h2-10H,11-12H2,1H3/p+1. The van der Waals surface area contributed by atoms with E-state index in [-0.39, 0.29) is 0 Å². The van der Waals surface area contributed by atoms with E-state index in [0.29, 0.717) is 23.3 Å². The highest BCUT2D eigenvalue weighted by Crippen LogP contribution is 2.19. The summed E-state index contributed by atoms with van der Waals surface area (Å²) in [6.07, 6.45) is 0. The van der Waals surface area contributed by atoms with Crippen molar-refractivity contribution in [1.82, 2.24) is 10.2 Å². The van der Waals surface area contributed by atoms with Crippen molar-refractivity contribution in [3.05, 3.63) is 71.1 Å². The smallest absolute Gasteiger partial charge is 0.271 e. The fourth-order valence-corrected chi connectivity index (χ4v) is 2.43. The van der Waals surface area contributed by atoms with Crippen molar-refractivity contribution in [2.24, 2.45) is 0 Å². The van der Waals surface area contributed by atoms with E-state index in [4.69, 9.17) is 16.0 Å². The predicted molar refractivity (Wildman–Crippen MR) is 85.5 cm³/mol. The first-order chi connectivity index (χ1) is 10.7. The quantitative estimate of drug-likeness (QED) is 0.787. The summed E-state index contributed by atoms with van der Waals surface area (Å²) >= 11 is 5.88. The van der Waals surface area contributed by atoms with E-state index in [0.717, 1.165) is 12.1 Å². The van der Waals surface area contributed by atoms with Crippen LogP contribution in [-0.4, -0.2) is 17.2 Å². The Morgan fingerprint density at radius 2 is 1.68 bits per heavy atom. The van der Waals surface area contributed by atoms with Crippen LogP contribution in [0.5, 0.6) is 0 Å². The molecular formula is C17H17ClN3O+. The van der Waals surface area contributed by atoms with Crippen LogP contribution in [0.1, 0.15) is 11.5 Å². The van der Waals surface area contributed by atoms with Crippen LogP contribution in [0.2, 0.25) is 5.02 Å². The van der Waals surface area contributed by atoms with Crippen LogP contribution >= 0.6 is 11.6 Å². The van der Waals surface area contributed by atoms with Gasteiger partial charge in [-0.05, 0) is 24.3 Å². The monoisotopic (exact) mass is 314 g/mol. The molecule has 0 amide bonds. The van der Waals surface area contributed by atoms with Gasteiger partial charge in [-0.2, -0.15) is 0 Å². The summed E-state index contributed by atoms with van der Waals surface area (Å²) < 4.78 is 5.73. The Bertz CT molecular complexity index is 725. The molecule has 0 spiro atoms. The summed E-state index contributed by atoms with van der Waals surface area (Å²) in [7, 11) is 2.11. The van der Waals surface area contributed by atoms with Gasteiger partial charge in [0.05, 0.1) is 7.05 Å². The Labute approximate surface area is 134 Å². The number of nitrogens with one attached hydrogen (secondary N) is 1. The molecule has 1 heterocycles. The van der Waals surface area contributed by atoms with E-state index < -0.39 is 0 Å². The van der Waals surface area contributed by atoms with Gasteiger partial charge in [0.15, 0.2) is 6.54 Å². The topological polar surface area (TPSA) is 43.4 Å². The minimum Gasteiger partial charge on any atom is -0.415 e. The molecule has 3 aromatic rings. The lowest BCUT2D eigenvalue weighted by atomic mass is 10.2. The number of aromatic nitrogens is 2. The van der Waals surface area contributed by atoms with E-state index in [9.17, 15) is 0 Å². The van der Waals surface area contributed by atoms with E-state index in [1.165, 1.54) is 10.5 Å². The highest BCUT2D eigenvalue weighted by atomic mass is 35.5. The van der Waals surface area contributed by atoms with E-state index >= 15 is 0 Å². The second kappa shape index (κ2) is 6.73. The summed E-state index contributed by atoms with van der Waals surface area (Å²) in [4.78, 5) is 1.29. The van der Waals surface area contributed by atoms with Gasteiger partial charge in [0.1, 0.15) is 6.54 Å². The maximum absolute atomic E-state index is 5.88. The van der Waals surface area contributed by atoms with Crippen LogP contribution in [0.25, 0.3) is 11.5 Å². The third-order valence-electron chi connectivity index (χ3n) is 3.36. The summed E-state index contributed by atoms with van der Waals surface area (Å²) in [5, 5.41) is 8.92. The SMILES string of the molecule is C[NH+](Cc1ccccc1)Cc1nnc(-c2ccc(Cl)cc2)o1. The molecule has 0 radical (unpaired) electrons. The van der Waals surface area contributed by atoms with Gasteiger partial charge < -0.3 is 9.32 Å². The summed E-state index contributed by atoms with van der Waals surface area (Å²) in [6, 6.07) is 17.7. The first kappa shape index (κ1) is 14.8. The Hall–Kier alpha value is -2.17. The van der Waals surface area contributed by atoms with Gasteiger partial charge in [-0.3, -0.25) is 0 Å². The summed E-state index contributed by atoms with van der Waals surface area (Å²) in [5.41, 5.74) is 2.17. The molecule has 0 saturated carbocycles. The van der Waals surface area contributed by atoms with Gasteiger partial charge in [0, 0.05) is 16.1 Å². The third kappa shape index (κ3) is 3.72. The van der Waals surface area contributed by atoms with Crippen molar-refractivity contribution in [3.8, 4) is 11.5 Å². The van der Waals surface area contributed by atoms with Crippen molar-refractivity contribution in [3.63, 3.8) is 0 Å². The van der Waals surface area contributed by atoms with E-state index in [2.05, 4.69) is 29.4 Å². The van der Waals surface area contributed by atoms with Crippen LogP contribution in [0, 0.1) is 0 Å². The zero-order valence-corrected chi connectivity index (χ0v) is 13.0. The maximum atomic E-state index is 5.88. The molecule has 4 nitrogen and oxygen atoms in total. The maximum Gasteiger partial charge on any atom is 0.271 e. The Morgan fingerprint density at radius 3 is 2.41 bits per heavy atom. The molecule has 112 valence electrons. The fourth-order valence-electron chi connectivity index (χ4n) is 2.30. The minimum absolute atomic E-state index is 0.527. The average Bonchev–Trinajstić information content (AvgIpc) is 2.97. The lowest BCUT2D eigenvalue weighted by molar-refractivity contribution is -0.909. The molecule has 0 aliphatic rings. The lowest BCUT2D eigenvalue weighted by Crippen LogP contribution is -3.06. The predicted octanol–water partition coefficient (Wildman–Crippen LogP) is 2.60. The average molecular weight is 315 g/mol. The minimum atomic E-state index is 0.527. The summed E-state index contributed by atoms with van der Waals surface area (Å²) in [5.74, 6) is 1.16. The zero-order chi connectivity index (χ0) is 15.4. The van der Waals surface area contributed by atoms with Crippen LogP contribution in [0.15, 0.2) is 59.0 Å². The number of rotatable bonds is 5. The van der Waals surface area contributed by atoms with Crippen molar-refractivity contribution >= 4 is 11.6 Å². The van der Waals surface area contributed by atoms with E-state index in [1.54, 1.807) is 0 Å². The van der Waals surface area contributed by atoms with Gasteiger partial charge in [-0.25, -0.2) is 0 Å². The van der Waals surface area contributed by atoms with Crippen molar-refractivity contribution in [2.75, 3.05) is 7.05 Å². The molecule has 0 fully saturated rings. The molecule has 1 unspecified atom stereocenters. The number of quaternary nitrogens is 1. The molecule has 5 heteroatoms. The number of halogens is 1. The Kier molecular flexibility index (Phi) is 4.51. The van der Waals surface area contributed by atoms with Gasteiger partial charge >= 0.3 is 0 Å². The lowest BCUT2D eigenvalue weighted by Gasteiger charge is -2.11. The molecule has 1 atom stereocenters. The number of hydrogen-bond donors (Lipinski definition) is 1. The number of hydrogen-bond acceptors (Lipinski definition) is 3. The molecule has 0 aliphatic carbocycles. The molecule has 0 saturated heterocycles. The van der Waals surface area contributed by atoms with E-state index in [1.807, 2.05) is 42.5 Å². The fraction of sp³-hybridized carbons (Fsp3) is 0.176.